The molecule has 0 saturated heterocycles. The smallest absolute Gasteiger partial charge is 0.262 e. The third-order valence-electron chi connectivity index (χ3n) is 2.88. The fourth-order valence-corrected chi connectivity index (χ4v) is 3.59. The van der Waals surface area contributed by atoms with E-state index in [1.807, 2.05) is 6.92 Å². The summed E-state index contributed by atoms with van der Waals surface area (Å²) in [5, 5.41) is 10.1. The van der Waals surface area contributed by atoms with Crippen molar-refractivity contribution in [3.05, 3.63) is 29.3 Å². The summed E-state index contributed by atoms with van der Waals surface area (Å²) in [6, 6.07) is 5.05. The van der Waals surface area contributed by atoms with Crippen LogP contribution in [0.15, 0.2) is 28.0 Å². The van der Waals surface area contributed by atoms with Gasteiger partial charge in [-0.25, -0.2) is 0 Å². The zero-order chi connectivity index (χ0) is 14.8. The number of amides is 1. The number of anilines is 1. The van der Waals surface area contributed by atoms with Crippen molar-refractivity contribution in [2.24, 2.45) is 0 Å². The molecule has 6 nitrogen and oxygen atoms in total. The Morgan fingerprint density at radius 3 is 3.14 bits per heavy atom. The molecule has 0 aliphatic carbocycles. The second-order valence-electron chi connectivity index (χ2n) is 4.38. The summed E-state index contributed by atoms with van der Waals surface area (Å²) in [5.74, 6) is 0.330. The monoisotopic (exact) mass is 321 g/mol. The van der Waals surface area contributed by atoms with Crippen molar-refractivity contribution >= 4 is 40.5 Å². The van der Waals surface area contributed by atoms with E-state index in [1.54, 1.807) is 23.7 Å². The van der Waals surface area contributed by atoms with Crippen LogP contribution in [0.3, 0.4) is 0 Å². The normalized spacial score (nSPS) is 14.8. The average molecular weight is 321 g/mol. The number of nitrogens with one attached hydrogen (secondary N) is 1. The van der Waals surface area contributed by atoms with Crippen LogP contribution in [0, 0.1) is 0 Å². The number of carbonyl (C=O) groups excluding carboxylic acids is 2. The van der Waals surface area contributed by atoms with Gasteiger partial charge in [-0.15, -0.1) is 10.2 Å². The molecule has 0 fully saturated rings. The highest BCUT2D eigenvalue weighted by Crippen LogP contribution is 2.31. The average Bonchev–Trinajstić information content (AvgIpc) is 2.98. The first-order valence-corrected chi connectivity index (χ1v) is 7.93. The second-order valence-corrected chi connectivity index (χ2v) is 6.80. The van der Waals surface area contributed by atoms with Gasteiger partial charge in [0.05, 0.1) is 10.9 Å². The Hall–Kier alpha value is -1.93. The second kappa shape index (κ2) is 5.82. The third-order valence-corrected chi connectivity index (χ3v) is 4.80. The van der Waals surface area contributed by atoms with Crippen molar-refractivity contribution in [2.75, 3.05) is 11.9 Å². The van der Waals surface area contributed by atoms with Gasteiger partial charge in [0, 0.05) is 5.56 Å². The molecule has 0 unspecified atom stereocenters. The van der Waals surface area contributed by atoms with Crippen molar-refractivity contribution in [3.63, 3.8) is 0 Å². The Balaban J connectivity index is 1.78. The molecule has 1 aromatic heterocycles. The molecule has 1 aliphatic heterocycles. The zero-order valence-corrected chi connectivity index (χ0v) is 12.7. The number of thioether (sulfide) groups is 1. The number of ketones is 1. The number of Topliss-reactive ketones (excluding diaryl/α,β-unsaturated/α-hetero) is 1. The lowest BCUT2D eigenvalue weighted by molar-refractivity contribution is -0.118. The maximum atomic E-state index is 12.4. The number of benzene rings is 1. The first-order chi connectivity index (χ1) is 10.1. The summed E-state index contributed by atoms with van der Waals surface area (Å²) in [4.78, 5) is 23.7. The van der Waals surface area contributed by atoms with E-state index < -0.39 is 0 Å². The third kappa shape index (κ3) is 3.06. The molecule has 0 radical (unpaired) electrons. The molecule has 0 saturated carbocycles. The van der Waals surface area contributed by atoms with Gasteiger partial charge in [-0.1, -0.05) is 23.1 Å². The van der Waals surface area contributed by atoms with Crippen LogP contribution < -0.4 is 10.1 Å². The largest absolute Gasteiger partial charge is 0.482 e. The molecule has 1 N–H and O–H groups in total. The molecule has 108 valence electrons. The Kier molecular flexibility index (Phi) is 3.89. The SMILES string of the molecule is C[C@@H](Sc1nncs1)C(=O)c1ccc2c(c1)NC(=O)CO2. The molecule has 3 rings (SSSR count). The summed E-state index contributed by atoms with van der Waals surface area (Å²) >= 11 is 2.77. The summed E-state index contributed by atoms with van der Waals surface area (Å²) in [5.41, 5.74) is 2.69. The molecule has 1 atom stereocenters. The molecule has 21 heavy (non-hydrogen) atoms. The van der Waals surface area contributed by atoms with Crippen LogP contribution in [-0.4, -0.2) is 33.7 Å². The number of rotatable bonds is 4. The van der Waals surface area contributed by atoms with Gasteiger partial charge < -0.3 is 10.1 Å². The number of aromatic nitrogens is 2. The fourth-order valence-electron chi connectivity index (χ4n) is 1.89. The van der Waals surface area contributed by atoms with Gasteiger partial charge in [-0.3, -0.25) is 9.59 Å². The number of fused-ring (bicyclic) bond motifs is 1. The van der Waals surface area contributed by atoms with E-state index in [9.17, 15) is 9.59 Å². The summed E-state index contributed by atoms with van der Waals surface area (Å²) < 4.78 is 6.03. The van der Waals surface area contributed by atoms with Crippen LogP contribution in [-0.2, 0) is 4.79 Å². The van der Waals surface area contributed by atoms with E-state index in [0.29, 0.717) is 17.0 Å². The Morgan fingerprint density at radius 2 is 2.38 bits per heavy atom. The molecule has 0 bridgehead atoms. The first kappa shape index (κ1) is 14.0. The molecule has 2 heterocycles. The Morgan fingerprint density at radius 1 is 1.52 bits per heavy atom. The van der Waals surface area contributed by atoms with Crippen LogP contribution in [0.5, 0.6) is 5.75 Å². The molecule has 0 spiro atoms. The van der Waals surface area contributed by atoms with E-state index in [-0.39, 0.29) is 23.5 Å². The summed E-state index contributed by atoms with van der Waals surface area (Å²) in [6.45, 7) is 1.83. The highest BCUT2D eigenvalue weighted by molar-refractivity contribution is 8.02. The van der Waals surface area contributed by atoms with Gasteiger partial charge >= 0.3 is 0 Å². The minimum atomic E-state index is -0.281. The number of nitrogens with zero attached hydrogens (tertiary/aromatic N) is 2. The topological polar surface area (TPSA) is 81.2 Å². The lowest BCUT2D eigenvalue weighted by Crippen LogP contribution is -2.25. The van der Waals surface area contributed by atoms with Crippen LogP contribution in [0.25, 0.3) is 0 Å². The van der Waals surface area contributed by atoms with Crippen molar-refractivity contribution in [3.8, 4) is 5.75 Å². The van der Waals surface area contributed by atoms with Crippen molar-refractivity contribution in [2.45, 2.75) is 16.5 Å². The maximum Gasteiger partial charge on any atom is 0.262 e. The highest BCUT2D eigenvalue weighted by atomic mass is 32.2. The maximum absolute atomic E-state index is 12.4. The number of ether oxygens (including phenoxy) is 1. The molecule has 8 heteroatoms. The van der Waals surface area contributed by atoms with E-state index in [1.165, 1.54) is 23.1 Å². The fraction of sp³-hybridized carbons (Fsp3) is 0.231. The lowest BCUT2D eigenvalue weighted by Gasteiger charge is -2.18. The lowest BCUT2D eigenvalue weighted by atomic mass is 10.1. The zero-order valence-electron chi connectivity index (χ0n) is 11.0. The quantitative estimate of drug-likeness (QED) is 0.687. The van der Waals surface area contributed by atoms with Gasteiger partial charge in [0.25, 0.3) is 5.91 Å². The molecule has 1 amide bonds. The summed E-state index contributed by atoms with van der Waals surface area (Å²) in [6.07, 6.45) is 0. The Bertz CT molecular complexity index is 688. The van der Waals surface area contributed by atoms with Crippen LogP contribution in [0.4, 0.5) is 5.69 Å². The van der Waals surface area contributed by atoms with E-state index >= 15 is 0 Å². The van der Waals surface area contributed by atoms with Gasteiger partial charge in [0.15, 0.2) is 16.7 Å². The highest BCUT2D eigenvalue weighted by Gasteiger charge is 2.21. The predicted octanol–water partition coefficient (Wildman–Crippen LogP) is 2.23. The molecule has 1 aliphatic rings. The van der Waals surface area contributed by atoms with Crippen molar-refractivity contribution in [1.82, 2.24) is 10.2 Å². The predicted molar refractivity (Wildman–Crippen MR) is 80.1 cm³/mol. The van der Waals surface area contributed by atoms with Crippen LogP contribution in [0.2, 0.25) is 0 Å². The molecule has 2 aromatic rings. The van der Waals surface area contributed by atoms with Crippen molar-refractivity contribution in [1.29, 1.82) is 0 Å². The minimum absolute atomic E-state index is 0.00357. The van der Waals surface area contributed by atoms with E-state index in [4.69, 9.17) is 4.74 Å². The first-order valence-electron chi connectivity index (χ1n) is 6.17. The number of carbonyl (C=O) groups is 2. The van der Waals surface area contributed by atoms with Gasteiger partial charge in [-0.2, -0.15) is 0 Å². The standard InChI is InChI=1S/C13H11N3O3S2/c1-7(21-13-16-14-6-20-13)12(18)8-2-3-10-9(4-8)15-11(17)5-19-10/h2-4,6-7H,5H2,1H3,(H,15,17)/t7-/m1/s1. The number of hydrogen-bond acceptors (Lipinski definition) is 7. The molecular weight excluding hydrogens is 310 g/mol. The van der Waals surface area contributed by atoms with Gasteiger partial charge in [-0.05, 0) is 25.1 Å². The van der Waals surface area contributed by atoms with E-state index in [0.717, 1.165) is 4.34 Å². The minimum Gasteiger partial charge on any atom is -0.482 e. The summed E-state index contributed by atoms with van der Waals surface area (Å²) in [7, 11) is 0. The van der Waals surface area contributed by atoms with Crippen molar-refractivity contribution < 1.29 is 14.3 Å². The van der Waals surface area contributed by atoms with E-state index in [2.05, 4.69) is 15.5 Å². The number of hydrogen-bond donors (Lipinski definition) is 1. The molecule has 1 aromatic carbocycles. The van der Waals surface area contributed by atoms with Gasteiger partial charge in [0.1, 0.15) is 11.3 Å². The van der Waals surface area contributed by atoms with Gasteiger partial charge in [0.2, 0.25) is 0 Å². The van der Waals surface area contributed by atoms with Crippen LogP contribution in [0.1, 0.15) is 17.3 Å². The Labute approximate surface area is 128 Å². The van der Waals surface area contributed by atoms with Crippen LogP contribution >= 0.6 is 23.1 Å². The molecular formula is C13H11N3O3S2.